The Morgan fingerprint density at radius 3 is 2.67 bits per heavy atom. The molecule has 1 unspecified atom stereocenters. The van der Waals surface area contributed by atoms with Crippen molar-refractivity contribution in [2.45, 2.75) is 39.2 Å². The summed E-state index contributed by atoms with van der Waals surface area (Å²) in [5, 5.41) is 0. The summed E-state index contributed by atoms with van der Waals surface area (Å²) in [6, 6.07) is 14.5. The summed E-state index contributed by atoms with van der Waals surface area (Å²) < 4.78 is 7.13. The van der Waals surface area contributed by atoms with Crippen molar-refractivity contribution >= 4 is 15.9 Å². The molecule has 0 aliphatic rings. The second-order valence-corrected chi connectivity index (χ2v) is 6.14. The predicted molar refractivity (Wildman–Crippen MR) is 92.0 cm³/mol. The molecule has 0 bridgehead atoms. The molecule has 0 aliphatic heterocycles. The molecule has 0 spiro atoms. The lowest BCUT2D eigenvalue weighted by Gasteiger charge is -2.15. The summed E-state index contributed by atoms with van der Waals surface area (Å²) in [5.74, 6) is 1.76. The van der Waals surface area contributed by atoms with Crippen LogP contribution < -0.4 is 10.5 Å². The number of nitrogens with two attached hydrogens (primary N) is 1. The molecule has 0 saturated carbocycles. The maximum Gasteiger partial charge on any atom is 0.130 e. The van der Waals surface area contributed by atoms with Crippen LogP contribution in [0.2, 0.25) is 0 Å². The van der Waals surface area contributed by atoms with Crippen molar-refractivity contribution in [3.8, 4) is 11.5 Å². The second kappa shape index (κ2) is 7.62. The Bertz CT molecular complexity index is 598. The van der Waals surface area contributed by atoms with Gasteiger partial charge in [0.2, 0.25) is 0 Å². The summed E-state index contributed by atoms with van der Waals surface area (Å²) in [6.45, 7) is 4.25. The van der Waals surface area contributed by atoms with Gasteiger partial charge in [-0.2, -0.15) is 0 Å². The first-order valence-corrected chi connectivity index (χ1v) is 8.22. The monoisotopic (exact) mass is 347 g/mol. The number of benzene rings is 2. The van der Waals surface area contributed by atoms with Gasteiger partial charge < -0.3 is 10.5 Å². The van der Waals surface area contributed by atoms with E-state index in [4.69, 9.17) is 10.5 Å². The normalized spacial score (nSPS) is 12.2. The molecule has 0 aliphatic carbocycles. The highest BCUT2D eigenvalue weighted by molar-refractivity contribution is 9.10. The lowest BCUT2D eigenvalue weighted by Crippen LogP contribution is -2.21. The summed E-state index contributed by atoms with van der Waals surface area (Å²) in [4.78, 5) is 0. The molecule has 0 fully saturated rings. The molecule has 2 nitrogen and oxygen atoms in total. The molecule has 2 N–H and O–H groups in total. The fourth-order valence-electron chi connectivity index (χ4n) is 2.19. The number of halogens is 1. The molecule has 0 amide bonds. The third-order valence-corrected chi connectivity index (χ3v) is 4.06. The molecule has 0 saturated heterocycles. The Morgan fingerprint density at radius 1 is 1.14 bits per heavy atom. The van der Waals surface area contributed by atoms with Gasteiger partial charge in [-0.3, -0.25) is 0 Å². The lowest BCUT2D eigenvalue weighted by molar-refractivity contribution is 0.471. The second-order valence-electron chi connectivity index (χ2n) is 5.23. The maximum absolute atomic E-state index is 6.09. The van der Waals surface area contributed by atoms with Gasteiger partial charge in [-0.15, -0.1) is 0 Å². The number of hydrogen-bond donors (Lipinski definition) is 1. The van der Waals surface area contributed by atoms with E-state index in [1.54, 1.807) is 0 Å². The van der Waals surface area contributed by atoms with E-state index in [0.717, 1.165) is 40.8 Å². The third kappa shape index (κ3) is 4.58. The van der Waals surface area contributed by atoms with Crippen LogP contribution in [0.3, 0.4) is 0 Å². The molecule has 2 rings (SSSR count). The first kappa shape index (κ1) is 16.1. The average molecular weight is 348 g/mol. The van der Waals surface area contributed by atoms with E-state index >= 15 is 0 Å². The van der Waals surface area contributed by atoms with E-state index in [1.807, 2.05) is 24.3 Å². The standard InChI is InChI=1S/C18H22BrNO/c1-3-13-6-5-7-17(10-13)21-18-9-8-15(19)11-14(18)12-16(20)4-2/h5-11,16H,3-4,12,20H2,1-2H3. The van der Waals surface area contributed by atoms with Crippen LogP contribution in [0.1, 0.15) is 31.4 Å². The van der Waals surface area contributed by atoms with Gasteiger partial charge >= 0.3 is 0 Å². The topological polar surface area (TPSA) is 35.2 Å². The lowest BCUT2D eigenvalue weighted by atomic mass is 10.0. The van der Waals surface area contributed by atoms with Gasteiger partial charge in [-0.05, 0) is 60.7 Å². The Labute approximate surface area is 135 Å². The SMILES string of the molecule is CCc1cccc(Oc2ccc(Br)cc2CC(N)CC)c1. The minimum absolute atomic E-state index is 0.156. The molecule has 2 aromatic carbocycles. The summed E-state index contributed by atoms with van der Waals surface area (Å²) in [5.41, 5.74) is 8.51. The van der Waals surface area contributed by atoms with Crippen LogP contribution in [0.15, 0.2) is 46.9 Å². The predicted octanol–water partition coefficient (Wildman–Crippen LogP) is 5.08. The summed E-state index contributed by atoms with van der Waals surface area (Å²) in [6.07, 6.45) is 2.78. The number of rotatable bonds is 6. The molecule has 0 heterocycles. The van der Waals surface area contributed by atoms with Crippen LogP contribution in [0.5, 0.6) is 11.5 Å². The Hall–Kier alpha value is -1.32. The van der Waals surface area contributed by atoms with E-state index in [9.17, 15) is 0 Å². The van der Waals surface area contributed by atoms with Crippen molar-refractivity contribution in [3.05, 3.63) is 58.1 Å². The van der Waals surface area contributed by atoms with Gasteiger partial charge in [0, 0.05) is 10.5 Å². The van der Waals surface area contributed by atoms with E-state index in [-0.39, 0.29) is 6.04 Å². The minimum atomic E-state index is 0.156. The highest BCUT2D eigenvalue weighted by atomic mass is 79.9. The number of aryl methyl sites for hydroxylation is 1. The van der Waals surface area contributed by atoms with Gasteiger partial charge in [0.25, 0.3) is 0 Å². The molecular weight excluding hydrogens is 326 g/mol. The highest BCUT2D eigenvalue weighted by Gasteiger charge is 2.10. The average Bonchev–Trinajstić information content (AvgIpc) is 2.50. The third-order valence-electron chi connectivity index (χ3n) is 3.56. The van der Waals surface area contributed by atoms with Crippen LogP contribution in [0.4, 0.5) is 0 Å². The van der Waals surface area contributed by atoms with Crippen LogP contribution in [-0.2, 0) is 12.8 Å². The Kier molecular flexibility index (Phi) is 5.83. The fourth-order valence-corrected chi connectivity index (χ4v) is 2.60. The first-order valence-electron chi connectivity index (χ1n) is 7.43. The van der Waals surface area contributed by atoms with E-state index in [0.29, 0.717) is 0 Å². The number of ether oxygens (including phenoxy) is 1. The largest absolute Gasteiger partial charge is 0.457 e. The molecule has 2 aromatic rings. The first-order chi connectivity index (χ1) is 10.1. The van der Waals surface area contributed by atoms with Crippen molar-refractivity contribution in [1.29, 1.82) is 0 Å². The summed E-state index contributed by atoms with van der Waals surface area (Å²) >= 11 is 3.52. The molecule has 3 heteroatoms. The zero-order chi connectivity index (χ0) is 15.2. The van der Waals surface area contributed by atoms with Gasteiger partial charge in [0.15, 0.2) is 0 Å². The van der Waals surface area contributed by atoms with E-state index in [1.165, 1.54) is 5.56 Å². The maximum atomic E-state index is 6.09. The van der Waals surface area contributed by atoms with Crippen molar-refractivity contribution in [3.63, 3.8) is 0 Å². The fraction of sp³-hybridized carbons (Fsp3) is 0.333. The Balaban J connectivity index is 2.25. The van der Waals surface area contributed by atoms with Crippen molar-refractivity contribution in [1.82, 2.24) is 0 Å². The quantitative estimate of drug-likeness (QED) is 0.790. The molecule has 0 radical (unpaired) electrons. The van der Waals surface area contributed by atoms with Crippen LogP contribution in [-0.4, -0.2) is 6.04 Å². The van der Waals surface area contributed by atoms with Crippen molar-refractivity contribution in [2.24, 2.45) is 5.73 Å². The highest BCUT2D eigenvalue weighted by Crippen LogP contribution is 2.29. The van der Waals surface area contributed by atoms with Gasteiger partial charge in [0.05, 0.1) is 0 Å². The van der Waals surface area contributed by atoms with Gasteiger partial charge in [-0.25, -0.2) is 0 Å². The molecule has 21 heavy (non-hydrogen) atoms. The van der Waals surface area contributed by atoms with Crippen molar-refractivity contribution in [2.75, 3.05) is 0 Å². The van der Waals surface area contributed by atoms with Gasteiger partial charge in [-0.1, -0.05) is 41.9 Å². The number of hydrogen-bond acceptors (Lipinski definition) is 2. The smallest absolute Gasteiger partial charge is 0.130 e. The zero-order valence-corrected chi connectivity index (χ0v) is 14.2. The molecule has 112 valence electrons. The molecule has 0 aromatic heterocycles. The minimum Gasteiger partial charge on any atom is -0.457 e. The van der Waals surface area contributed by atoms with Gasteiger partial charge in [0.1, 0.15) is 11.5 Å². The summed E-state index contributed by atoms with van der Waals surface area (Å²) in [7, 11) is 0. The van der Waals surface area contributed by atoms with Crippen LogP contribution in [0.25, 0.3) is 0 Å². The van der Waals surface area contributed by atoms with Crippen LogP contribution in [0, 0.1) is 0 Å². The van der Waals surface area contributed by atoms with E-state index in [2.05, 4.69) is 48.0 Å². The van der Waals surface area contributed by atoms with E-state index < -0.39 is 0 Å². The zero-order valence-electron chi connectivity index (χ0n) is 12.6. The molecular formula is C18H22BrNO. The van der Waals surface area contributed by atoms with Crippen molar-refractivity contribution < 1.29 is 4.74 Å². The van der Waals surface area contributed by atoms with Crippen LogP contribution >= 0.6 is 15.9 Å². The Morgan fingerprint density at radius 2 is 1.95 bits per heavy atom. The molecule has 1 atom stereocenters.